The molecule has 0 spiro atoms. The van der Waals surface area contributed by atoms with Crippen LogP contribution in [0.1, 0.15) is 10.4 Å². The molecule has 3 nitrogen and oxygen atoms in total. The van der Waals surface area contributed by atoms with Gasteiger partial charge in [0.1, 0.15) is 0 Å². The molecule has 0 atom stereocenters. The van der Waals surface area contributed by atoms with Crippen molar-refractivity contribution in [3.8, 4) is 0 Å². The van der Waals surface area contributed by atoms with Gasteiger partial charge in [0, 0.05) is 32.9 Å². The minimum atomic E-state index is -3.23. The third kappa shape index (κ3) is 1.85. The van der Waals surface area contributed by atoms with Crippen LogP contribution in [-0.2, 0) is 10.0 Å². The third-order valence-electron chi connectivity index (χ3n) is 2.81. The molecule has 18 heavy (non-hydrogen) atoms. The lowest BCUT2D eigenvalue weighted by Gasteiger charge is -2.10. The summed E-state index contributed by atoms with van der Waals surface area (Å²) in [5.41, 5.74) is 1.08. The number of hydrogen-bond acceptors (Lipinski definition) is 3. The average molecular weight is 277 g/mol. The maximum Gasteiger partial charge on any atom is 0.235 e. The van der Waals surface area contributed by atoms with Gasteiger partial charge in [-0.15, -0.1) is 11.3 Å². The molecule has 1 aliphatic rings. The maximum atomic E-state index is 11.5. The highest BCUT2D eigenvalue weighted by atomic mass is 32.2. The van der Waals surface area contributed by atoms with E-state index in [0.29, 0.717) is 0 Å². The van der Waals surface area contributed by atoms with Gasteiger partial charge in [0.15, 0.2) is 0 Å². The van der Waals surface area contributed by atoms with Crippen LogP contribution in [-0.4, -0.2) is 19.0 Å². The van der Waals surface area contributed by atoms with Crippen molar-refractivity contribution >= 4 is 43.6 Å². The van der Waals surface area contributed by atoms with Crippen LogP contribution in [0, 0.1) is 0 Å². The summed E-state index contributed by atoms with van der Waals surface area (Å²) in [6.07, 6.45) is 8.08. The second-order valence-corrected chi connectivity index (χ2v) is 7.07. The minimum absolute atomic E-state index is 1.08. The number of hydrogen-bond donors (Lipinski definition) is 0. The highest BCUT2D eigenvalue weighted by molar-refractivity contribution is 7.88. The molecule has 5 heteroatoms. The standard InChI is InChI=1S/C13H11NO2S2/c1-18(15,16)14-8-6-11-10-4-2-3-5-12(10)17-13(11)7-9-14/h2-9H,1H3. The first-order chi connectivity index (χ1) is 8.55. The van der Waals surface area contributed by atoms with E-state index < -0.39 is 10.0 Å². The van der Waals surface area contributed by atoms with Crippen molar-refractivity contribution in [1.82, 2.24) is 4.31 Å². The first-order valence-corrected chi connectivity index (χ1v) is 8.08. The van der Waals surface area contributed by atoms with Crippen molar-refractivity contribution in [2.45, 2.75) is 0 Å². The molecule has 0 fully saturated rings. The fourth-order valence-corrected chi connectivity index (χ4v) is 3.59. The van der Waals surface area contributed by atoms with Gasteiger partial charge in [-0.05, 0) is 18.2 Å². The van der Waals surface area contributed by atoms with Crippen LogP contribution in [0.4, 0.5) is 0 Å². The SMILES string of the molecule is CS(=O)(=O)N1C=Cc2sc3ccccc3c2C=C1. The van der Waals surface area contributed by atoms with Gasteiger partial charge in [0.2, 0.25) is 10.0 Å². The Morgan fingerprint density at radius 3 is 2.61 bits per heavy atom. The van der Waals surface area contributed by atoms with Crippen molar-refractivity contribution in [2.75, 3.05) is 6.26 Å². The lowest BCUT2D eigenvalue weighted by molar-refractivity contribution is 0.561. The molecule has 1 aromatic carbocycles. The minimum Gasteiger partial charge on any atom is -0.253 e. The highest BCUT2D eigenvalue weighted by Gasteiger charge is 2.14. The van der Waals surface area contributed by atoms with Crippen LogP contribution in [0.2, 0.25) is 0 Å². The predicted molar refractivity (Wildman–Crippen MR) is 76.6 cm³/mol. The summed E-state index contributed by atoms with van der Waals surface area (Å²) in [6.45, 7) is 0. The molecule has 1 aliphatic heterocycles. The Hall–Kier alpha value is -1.59. The Morgan fingerprint density at radius 2 is 1.83 bits per heavy atom. The molecule has 0 aliphatic carbocycles. The van der Waals surface area contributed by atoms with Crippen LogP contribution in [0.3, 0.4) is 0 Å². The molecule has 0 unspecified atom stereocenters. The van der Waals surface area contributed by atoms with Crippen LogP contribution in [0.5, 0.6) is 0 Å². The zero-order valence-electron chi connectivity index (χ0n) is 9.70. The molecule has 0 bridgehead atoms. The lowest BCUT2D eigenvalue weighted by atomic mass is 10.1. The predicted octanol–water partition coefficient (Wildman–Crippen LogP) is 3.12. The van der Waals surface area contributed by atoms with Crippen molar-refractivity contribution in [2.24, 2.45) is 0 Å². The highest BCUT2D eigenvalue weighted by Crippen LogP contribution is 2.34. The fourth-order valence-electron chi connectivity index (χ4n) is 1.94. The lowest BCUT2D eigenvalue weighted by Crippen LogP contribution is -2.17. The van der Waals surface area contributed by atoms with Gasteiger partial charge in [-0.3, -0.25) is 4.31 Å². The normalized spacial score (nSPS) is 14.8. The average Bonchev–Trinajstić information content (AvgIpc) is 2.52. The van der Waals surface area contributed by atoms with Crippen molar-refractivity contribution in [3.05, 3.63) is 47.1 Å². The fraction of sp³-hybridized carbons (Fsp3) is 0.0769. The first kappa shape index (κ1) is 11.5. The van der Waals surface area contributed by atoms with E-state index in [1.807, 2.05) is 24.3 Å². The molecule has 0 saturated carbocycles. The number of nitrogens with zero attached hydrogens (tertiary/aromatic N) is 1. The molecule has 2 aromatic rings. The molecule has 3 rings (SSSR count). The number of fused-ring (bicyclic) bond motifs is 3. The van der Waals surface area contributed by atoms with Gasteiger partial charge < -0.3 is 0 Å². The van der Waals surface area contributed by atoms with Gasteiger partial charge in [0.25, 0.3) is 0 Å². The maximum absolute atomic E-state index is 11.5. The van der Waals surface area contributed by atoms with Gasteiger partial charge in [-0.2, -0.15) is 0 Å². The van der Waals surface area contributed by atoms with E-state index in [2.05, 4.69) is 12.1 Å². The van der Waals surface area contributed by atoms with E-state index >= 15 is 0 Å². The van der Waals surface area contributed by atoms with Gasteiger partial charge in [0.05, 0.1) is 6.26 Å². The van der Waals surface area contributed by atoms with E-state index in [1.165, 1.54) is 15.3 Å². The van der Waals surface area contributed by atoms with Crippen molar-refractivity contribution < 1.29 is 8.42 Å². The largest absolute Gasteiger partial charge is 0.253 e. The van der Waals surface area contributed by atoms with E-state index in [0.717, 1.165) is 15.8 Å². The monoisotopic (exact) mass is 277 g/mol. The molecule has 0 N–H and O–H groups in total. The van der Waals surface area contributed by atoms with Crippen LogP contribution in [0.15, 0.2) is 36.7 Å². The molecular weight excluding hydrogens is 266 g/mol. The summed E-state index contributed by atoms with van der Waals surface area (Å²) in [7, 11) is -3.23. The van der Waals surface area contributed by atoms with Gasteiger partial charge >= 0.3 is 0 Å². The molecule has 0 radical (unpaired) electrons. The Bertz CT molecular complexity index is 769. The number of sulfonamides is 1. The van der Waals surface area contributed by atoms with E-state index in [4.69, 9.17) is 0 Å². The van der Waals surface area contributed by atoms with Crippen LogP contribution >= 0.6 is 11.3 Å². The molecule has 2 heterocycles. The topological polar surface area (TPSA) is 37.4 Å². The molecule has 92 valence electrons. The van der Waals surface area contributed by atoms with Crippen LogP contribution < -0.4 is 0 Å². The Kier molecular flexibility index (Phi) is 2.53. The summed E-state index contributed by atoms with van der Waals surface area (Å²) < 4.78 is 25.4. The second kappa shape index (κ2) is 3.96. The number of benzene rings is 1. The number of rotatable bonds is 1. The Labute approximate surface area is 110 Å². The smallest absolute Gasteiger partial charge is 0.235 e. The van der Waals surface area contributed by atoms with Crippen molar-refractivity contribution in [3.63, 3.8) is 0 Å². The molecule has 0 saturated heterocycles. The Balaban J connectivity index is 2.19. The molecule has 0 amide bonds. The van der Waals surface area contributed by atoms with E-state index in [1.54, 1.807) is 23.7 Å². The van der Waals surface area contributed by atoms with Gasteiger partial charge in [-0.1, -0.05) is 18.2 Å². The zero-order chi connectivity index (χ0) is 12.8. The second-order valence-electron chi connectivity index (χ2n) is 4.10. The van der Waals surface area contributed by atoms with Gasteiger partial charge in [-0.25, -0.2) is 8.42 Å². The first-order valence-electron chi connectivity index (χ1n) is 5.42. The summed E-state index contributed by atoms with van der Waals surface area (Å²) in [6, 6.07) is 8.13. The number of thiophene rings is 1. The summed E-state index contributed by atoms with van der Waals surface area (Å²) in [5.74, 6) is 0. The van der Waals surface area contributed by atoms with Crippen LogP contribution in [0.25, 0.3) is 22.2 Å². The quantitative estimate of drug-likeness (QED) is 0.803. The zero-order valence-corrected chi connectivity index (χ0v) is 11.3. The molecule has 1 aromatic heterocycles. The van der Waals surface area contributed by atoms with E-state index in [9.17, 15) is 8.42 Å². The van der Waals surface area contributed by atoms with E-state index in [-0.39, 0.29) is 0 Å². The van der Waals surface area contributed by atoms with Crippen molar-refractivity contribution in [1.29, 1.82) is 0 Å². The summed E-state index contributed by atoms with van der Waals surface area (Å²) in [5, 5.41) is 1.16. The molecular formula is C13H11NO2S2. The third-order valence-corrected chi connectivity index (χ3v) is 4.97. The Morgan fingerprint density at radius 1 is 1.11 bits per heavy atom. The summed E-state index contributed by atoms with van der Waals surface area (Å²) >= 11 is 1.67. The summed E-state index contributed by atoms with van der Waals surface area (Å²) in [4.78, 5) is 1.08.